The van der Waals surface area contributed by atoms with Gasteiger partial charge in [0.25, 0.3) is 0 Å². The Kier molecular flexibility index (Phi) is 5.35. The third kappa shape index (κ3) is 3.30. The first kappa shape index (κ1) is 15.7. The van der Waals surface area contributed by atoms with Crippen LogP contribution >= 0.6 is 27.3 Å². The summed E-state index contributed by atoms with van der Waals surface area (Å²) in [6, 6.07) is 0.255. The van der Waals surface area contributed by atoms with Crippen molar-refractivity contribution >= 4 is 27.3 Å². The number of nitrogens with one attached hydrogen (secondary N) is 1. The van der Waals surface area contributed by atoms with Crippen molar-refractivity contribution < 1.29 is 0 Å². The molecule has 2 rings (SSSR count). The van der Waals surface area contributed by atoms with Crippen molar-refractivity contribution in [3.05, 3.63) is 31.9 Å². The molecular weight excluding hydrogens is 336 g/mol. The van der Waals surface area contributed by atoms with E-state index in [1.165, 1.54) is 5.69 Å². The van der Waals surface area contributed by atoms with Crippen molar-refractivity contribution in [1.82, 2.24) is 20.1 Å². The van der Waals surface area contributed by atoms with E-state index in [2.05, 4.69) is 62.2 Å². The molecule has 6 heteroatoms. The van der Waals surface area contributed by atoms with Gasteiger partial charge in [-0.15, -0.1) is 11.3 Å². The molecule has 2 aromatic rings. The Bertz CT molecular complexity index is 576. The van der Waals surface area contributed by atoms with Crippen LogP contribution < -0.4 is 5.32 Å². The van der Waals surface area contributed by atoms with E-state index < -0.39 is 0 Å². The van der Waals surface area contributed by atoms with E-state index in [1.807, 2.05) is 6.92 Å². The van der Waals surface area contributed by atoms with Crippen LogP contribution in [-0.4, -0.2) is 14.8 Å². The van der Waals surface area contributed by atoms with Gasteiger partial charge in [0, 0.05) is 24.2 Å². The quantitative estimate of drug-likeness (QED) is 0.854. The van der Waals surface area contributed by atoms with Crippen molar-refractivity contribution in [2.24, 2.45) is 0 Å². The molecule has 0 aromatic carbocycles. The van der Waals surface area contributed by atoms with Crippen molar-refractivity contribution in [1.29, 1.82) is 0 Å². The van der Waals surface area contributed by atoms with Gasteiger partial charge in [-0.3, -0.25) is 4.68 Å². The SMILES string of the molecule is CCc1nn(CC)c(CNC(C)c2nc(C)cs2)c1Br. The first-order valence-electron chi connectivity index (χ1n) is 6.96. The van der Waals surface area contributed by atoms with Crippen LogP contribution in [0.4, 0.5) is 0 Å². The molecule has 1 unspecified atom stereocenters. The molecular formula is C14H21BrN4S. The zero-order valence-electron chi connectivity index (χ0n) is 12.4. The number of hydrogen-bond acceptors (Lipinski definition) is 4. The molecule has 0 amide bonds. The normalized spacial score (nSPS) is 12.8. The largest absolute Gasteiger partial charge is 0.302 e. The maximum atomic E-state index is 4.62. The van der Waals surface area contributed by atoms with Gasteiger partial charge in [0.05, 0.1) is 21.9 Å². The molecule has 0 bridgehead atoms. The lowest BCUT2D eigenvalue weighted by Gasteiger charge is -2.12. The van der Waals surface area contributed by atoms with Gasteiger partial charge in [0.15, 0.2) is 0 Å². The predicted molar refractivity (Wildman–Crippen MR) is 87.1 cm³/mol. The number of aromatic nitrogens is 3. The minimum atomic E-state index is 0.255. The molecule has 20 heavy (non-hydrogen) atoms. The Hall–Kier alpha value is -0.720. The molecule has 0 aliphatic carbocycles. The molecule has 0 radical (unpaired) electrons. The van der Waals surface area contributed by atoms with Gasteiger partial charge in [0.1, 0.15) is 5.01 Å². The number of thiazole rings is 1. The van der Waals surface area contributed by atoms with Crippen LogP contribution in [0.25, 0.3) is 0 Å². The third-order valence-corrected chi connectivity index (χ3v) is 5.34. The summed E-state index contributed by atoms with van der Waals surface area (Å²) in [4.78, 5) is 4.53. The highest BCUT2D eigenvalue weighted by molar-refractivity contribution is 9.10. The van der Waals surface area contributed by atoms with Crippen molar-refractivity contribution in [2.75, 3.05) is 0 Å². The highest BCUT2D eigenvalue weighted by atomic mass is 79.9. The van der Waals surface area contributed by atoms with Gasteiger partial charge in [-0.25, -0.2) is 4.98 Å². The third-order valence-electron chi connectivity index (χ3n) is 3.28. The van der Waals surface area contributed by atoms with Crippen LogP contribution in [0.15, 0.2) is 9.85 Å². The van der Waals surface area contributed by atoms with Gasteiger partial charge in [0.2, 0.25) is 0 Å². The van der Waals surface area contributed by atoms with Crippen molar-refractivity contribution in [3.63, 3.8) is 0 Å². The van der Waals surface area contributed by atoms with E-state index >= 15 is 0 Å². The van der Waals surface area contributed by atoms with Gasteiger partial charge in [-0.05, 0) is 43.1 Å². The highest BCUT2D eigenvalue weighted by Gasteiger charge is 2.15. The van der Waals surface area contributed by atoms with Crippen LogP contribution in [-0.2, 0) is 19.5 Å². The van der Waals surface area contributed by atoms with Gasteiger partial charge < -0.3 is 5.32 Å². The molecule has 0 aliphatic heterocycles. The Morgan fingerprint density at radius 1 is 1.45 bits per heavy atom. The fraction of sp³-hybridized carbons (Fsp3) is 0.571. The monoisotopic (exact) mass is 356 g/mol. The molecule has 0 saturated carbocycles. The molecule has 110 valence electrons. The summed E-state index contributed by atoms with van der Waals surface area (Å²) in [7, 11) is 0. The minimum Gasteiger partial charge on any atom is -0.302 e. The molecule has 1 atom stereocenters. The predicted octanol–water partition coefficient (Wildman–Crippen LogP) is 3.84. The maximum absolute atomic E-state index is 4.62. The second-order valence-corrected chi connectivity index (χ2v) is 6.49. The molecule has 0 spiro atoms. The number of hydrogen-bond donors (Lipinski definition) is 1. The first-order valence-corrected chi connectivity index (χ1v) is 8.63. The Morgan fingerprint density at radius 3 is 2.75 bits per heavy atom. The topological polar surface area (TPSA) is 42.7 Å². The summed E-state index contributed by atoms with van der Waals surface area (Å²) in [5, 5.41) is 11.4. The molecule has 0 fully saturated rings. The summed E-state index contributed by atoms with van der Waals surface area (Å²) < 4.78 is 3.20. The molecule has 0 saturated heterocycles. The lowest BCUT2D eigenvalue weighted by Crippen LogP contribution is -2.20. The Morgan fingerprint density at radius 2 is 2.20 bits per heavy atom. The Balaban J connectivity index is 2.08. The van der Waals surface area contributed by atoms with Gasteiger partial charge >= 0.3 is 0 Å². The van der Waals surface area contributed by atoms with Crippen LogP contribution in [0.1, 0.15) is 48.9 Å². The van der Waals surface area contributed by atoms with Crippen LogP contribution in [0.5, 0.6) is 0 Å². The highest BCUT2D eigenvalue weighted by Crippen LogP contribution is 2.24. The van der Waals surface area contributed by atoms with E-state index in [1.54, 1.807) is 11.3 Å². The van der Waals surface area contributed by atoms with Crippen molar-refractivity contribution in [2.45, 2.75) is 53.2 Å². The number of rotatable bonds is 6. The van der Waals surface area contributed by atoms with E-state index in [4.69, 9.17) is 0 Å². The zero-order valence-corrected chi connectivity index (χ0v) is 14.8. The van der Waals surface area contributed by atoms with Crippen molar-refractivity contribution in [3.8, 4) is 0 Å². The minimum absolute atomic E-state index is 0.255. The summed E-state index contributed by atoms with van der Waals surface area (Å²) >= 11 is 5.39. The molecule has 2 aromatic heterocycles. The van der Waals surface area contributed by atoms with E-state index in [0.29, 0.717) is 0 Å². The summed E-state index contributed by atoms with van der Waals surface area (Å²) in [6.45, 7) is 10.1. The van der Waals surface area contributed by atoms with E-state index in [-0.39, 0.29) is 6.04 Å². The van der Waals surface area contributed by atoms with E-state index in [9.17, 15) is 0 Å². The lowest BCUT2D eigenvalue weighted by molar-refractivity contribution is 0.527. The fourth-order valence-electron chi connectivity index (χ4n) is 2.09. The lowest BCUT2D eigenvalue weighted by atomic mass is 10.3. The second kappa shape index (κ2) is 6.83. The Labute approximate surface area is 132 Å². The van der Waals surface area contributed by atoms with Gasteiger partial charge in [-0.2, -0.15) is 5.10 Å². The van der Waals surface area contributed by atoms with Crippen LogP contribution in [0.2, 0.25) is 0 Å². The number of aryl methyl sites for hydroxylation is 3. The van der Waals surface area contributed by atoms with Crippen LogP contribution in [0, 0.1) is 6.92 Å². The summed E-state index contributed by atoms with van der Waals surface area (Å²) in [5.74, 6) is 0. The fourth-order valence-corrected chi connectivity index (χ4v) is 3.63. The zero-order chi connectivity index (χ0) is 14.7. The van der Waals surface area contributed by atoms with Crippen LogP contribution in [0.3, 0.4) is 0 Å². The summed E-state index contributed by atoms with van der Waals surface area (Å²) in [5.41, 5.74) is 3.43. The number of nitrogens with zero attached hydrogens (tertiary/aromatic N) is 3. The second-order valence-electron chi connectivity index (χ2n) is 4.81. The van der Waals surface area contributed by atoms with Gasteiger partial charge in [-0.1, -0.05) is 6.92 Å². The molecule has 4 nitrogen and oxygen atoms in total. The molecule has 0 aliphatic rings. The van der Waals surface area contributed by atoms with E-state index in [0.717, 1.165) is 40.4 Å². The average molecular weight is 357 g/mol. The maximum Gasteiger partial charge on any atom is 0.110 e. The standard InChI is InChI=1S/C14H21BrN4S/c1-5-11-13(15)12(19(6-2)18-11)7-16-10(4)14-17-9(3)8-20-14/h8,10,16H,5-7H2,1-4H3. The number of halogens is 1. The molecule has 2 heterocycles. The summed E-state index contributed by atoms with van der Waals surface area (Å²) in [6.07, 6.45) is 0.946. The first-order chi connectivity index (χ1) is 9.56. The molecule has 1 N–H and O–H groups in total. The smallest absolute Gasteiger partial charge is 0.110 e. The average Bonchev–Trinajstić information content (AvgIpc) is 3.00.